The van der Waals surface area contributed by atoms with Crippen molar-refractivity contribution in [3.05, 3.63) is 35.6 Å². The first-order valence-corrected chi connectivity index (χ1v) is 11.5. The SMILES string of the molecule is Nc1ncnc2c1nc(Sc1ccc(Cl)cc1)n2[C@@H]1O[C@H](CO)[C@@H](OP(=O)(O)O)[C@H]1O. The van der Waals surface area contributed by atoms with Crippen molar-refractivity contribution in [3.63, 3.8) is 0 Å². The van der Waals surface area contributed by atoms with E-state index in [2.05, 4.69) is 19.5 Å². The summed E-state index contributed by atoms with van der Waals surface area (Å²) in [5, 5.41) is 21.2. The zero-order valence-electron chi connectivity index (χ0n) is 15.5. The highest BCUT2D eigenvalue weighted by atomic mass is 35.5. The van der Waals surface area contributed by atoms with Crippen molar-refractivity contribution in [2.45, 2.75) is 34.6 Å². The lowest BCUT2D eigenvalue weighted by Crippen LogP contribution is -2.35. The Balaban J connectivity index is 1.79. The van der Waals surface area contributed by atoms with Gasteiger partial charge < -0.3 is 30.5 Å². The number of nitrogen functional groups attached to an aromatic ring is 1. The summed E-state index contributed by atoms with van der Waals surface area (Å²) in [6.07, 6.45) is -4.30. The Morgan fingerprint density at radius 3 is 2.65 bits per heavy atom. The summed E-state index contributed by atoms with van der Waals surface area (Å²) in [6, 6.07) is 6.90. The van der Waals surface area contributed by atoms with Gasteiger partial charge in [0, 0.05) is 9.92 Å². The van der Waals surface area contributed by atoms with Gasteiger partial charge in [0.05, 0.1) is 6.61 Å². The number of hydrogen-bond acceptors (Lipinski definition) is 10. The molecule has 0 aliphatic carbocycles. The van der Waals surface area contributed by atoms with Gasteiger partial charge in [-0.1, -0.05) is 23.4 Å². The molecule has 0 unspecified atom stereocenters. The molecule has 0 amide bonds. The number of nitrogens with zero attached hydrogens (tertiary/aromatic N) is 4. The number of rotatable bonds is 6. The van der Waals surface area contributed by atoms with Crippen LogP contribution in [-0.4, -0.2) is 64.4 Å². The van der Waals surface area contributed by atoms with E-state index in [1.165, 1.54) is 22.7 Å². The molecule has 0 bridgehead atoms. The number of aliphatic hydroxyl groups excluding tert-OH is 2. The van der Waals surface area contributed by atoms with E-state index in [9.17, 15) is 24.6 Å². The Morgan fingerprint density at radius 1 is 1.29 bits per heavy atom. The number of fused-ring (bicyclic) bond motifs is 1. The summed E-state index contributed by atoms with van der Waals surface area (Å²) in [6.45, 7) is -0.651. The molecule has 2 aromatic heterocycles. The number of benzene rings is 1. The van der Waals surface area contributed by atoms with Gasteiger partial charge in [0.2, 0.25) is 0 Å². The number of anilines is 1. The zero-order chi connectivity index (χ0) is 22.3. The molecule has 1 aromatic carbocycles. The van der Waals surface area contributed by atoms with Crippen LogP contribution in [0.2, 0.25) is 5.02 Å². The maximum Gasteiger partial charge on any atom is 0.470 e. The van der Waals surface area contributed by atoms with E-state index >= 15 is 0 Å². The quantitative estimate of drug-likeness (QED) is 0.309. The third-order valence-electron chi connectivity index (χ3n) is 4.50. The number of halogens is 1. The normalized spacial score (nSPS) is 24.2. The van der Waals surface area contributed by atoms with Crippen LogP contribution in [0.4, 0.5) is 5.82 Å². The number of aliphatic hydroxyl groups is 2. The van der Waals surface area contributed by atoms with Crippen molar-refractivity contribution in [1.29, 1.82) is 0 Å². The van der Waals surface area contributed by atoms with Crippen molar-refractivity contribution in [2.75, 3.05) is 12.3 Å². The molecule has 4 atom stereocenters. The lowest BCUT2D eigenvalue weighted by atomic mass is 10.1. The van der Waals surface area contributed by atoms with Crippen molar-refractivity contribution in [1.82, 2.24) is 19.5 Å². The summed E-state index contributed by atoms with van der Waals surface area (Å²) in [7, 11) is -4.97. The smallest absolute Gasteiger partial charge is 0.394 e. The minimum atomic E-state index is -4.97. The van der Waals surface area contributed by atoms with Crippen LogP contribution in [0.1, 0.15) is 6.23 Å². The number of phosphoric acid groups is 1. The van der Waals surface area contributed by atoms with Crippen LogP contribution in [0.25, 0.3) is 11.2 Å². The molecule has 31 heavy (non-hydrogen) atoms. The molecule has 1 saturated heterocycles. The van der Waals surface area contributed by atoms with Crippen LogP contribution >= 0.6 is 31.2 Å². The molecular formula is C16H17ClN5O7PS. The fourth-order valence-electron chi connectivity index (χ4n) is 3.18. The summed E-state index contributed by atoms with van der Waals surface area (Å²) in [5.41, 5.74) is 6.39. The fourth-order valence-corrected chi connectivity index (χ4v) is 4.80. The lowest BCUT2D eigenvalue weighted by Gasteiger charge is -2.21. The van der Waals surface area contributed by atoms with Gasteiger partial charge in [-0.15, -0.1) is 0 Å². The second-order valence-electron chi connectivity index (χ2n) is 6.55. The third kappa shape index (κ3) is 4.55. The molecule has 4 rings (SSSR count). The van der Waals surface area contributed by atoms with Crippen LogP contribution in [0.3, 0.4) is 0 Å². The lowest BCUT2D eigenvalue weighted by molar-refractivity contribution is -0.0547. The Bertz CT molecular complexity index is 1140. The Morgan fingerprint density at radius 2 is 2.00 bits per heavy atom. The molecule has 3 aromatic rings. The highest BCUT2D eigenvalue weighted by Gasteiger charge is 2.49. The number of aromatic nitrogens is 4. The molecule has 1 fully saturated rings. The molecule has 0 radical (unpaired) electrons. The predicted octanol–water partition coefficient (Wildman–Crippen LogP) is 0.942. The minimum absolute atomic E-state index is 0.0934. The summed E-state index contributed by atoms with van der Waals surface area (Å²) in [5.74, 6) is 0.0934. The molecular weight excluding hydrogens is 473 g/mol. The minimum Gasteiger partial charge on any atom is -0.394 e. The van der Waals surface area contributed by atoms with Gasteiger partial charge in [-0.2, -0.15) is 0 Å². The van der Waals surface area contributed by atoms with Gasteiger partial charge in [-0.05, 0) is 24.3 Å². The van der Waals surface area contributed by atoms with Gasteiger partial charge >= 0.3 is 7.82 Å². The second-order valence-corrected chi connectivity index (χ2v) is 9.22. The van der Waals surface area contributed by atoms with Gasteiger partial charge in [0.1, 0.15) is 24.6 Å². The van der Waals surface area contributed by atoms with E-state index in [4.69, 9.17) is 22.1 Å². The topological polar surface area (TPSA) is 186 Å². The first-order chi connectivity index (χ1) is 14.7. The molecule has 12 nitrogen and oxygen atoms in total. The van der Waals surface area contributed by atoms with Gasteiger partial charge in [0.15, 0.2) is 28.4 Å². The van der Waals surface area contributed by atoms with E-state index in [1.54, 1.807) is 24.3 Å². The average Bonchev–Trinajstić information content (AvgIpc) is 3.21. The summed E-state index contributed by atoms with van der Waals surface area (Å²) < 4.78 is 23.1. The second kappa shape index (κ2) is 8.62. The number of hydrogen-bond donors (Lipinski definition) is 5. The zero-order valence-corrected chi connectivity index (χ0v) is 18.0. The summed E-state index contributed by atoms with van der Waals surface area (Å²) >= 11 is 7.13. The van der Waals surface area contributed by atoms with Crippen LogP contribution in [0, 0.1) is 0 Å². The largest absolute Gasteiger partial charge is 0.470 e. The molecule has 1 aliphatic rings. The molecule has 166 valence electrons. The van der Waals surface area contributed by atoms with Crippen LogP contribution in [-0.2, 0) is 13.8 Å². The molecule has 6 N–H and O–H groups in total. The Hall–Kier alpha value is -1.80. The Kier molecular flexibility index (Phi) is 6.23. The van der Waals surface area contributed by atoms with Gasteiger partial charge in [-0.3, -0.25) is 9.09 Å². The van der Waals surface area contributed by atoms with E-state index in [-0.39, 0.29) is 17.0 Å². The van der Waals surface area contributed by atoms with E-state index < -0.39 is 39.0 Å². The van der Waals surface area contributed by atoms with Crippen LogP contribution in [0.15, 0.2) is 40.6 Å². The molecule has 3 heterocycles. The molecule has 0 spiro atoms. The number of ether oxygens (including phenoxy) is 1. The number of imidazole rings is 1. The van der Waals surface area contributed by atoms with Crippen LogP contribution < -0.4 is 5.73 Å². The number of phosphoric ester groups is 1. The van der Waals surface area contributed by atoms with Crippen molar-refractivity contribution in [3.8, 4) is 0 Å². The van der Waals surface area contributed by atoms with Crippen LogP contribution in [0.5, 0.6) is 0 Å². The van der Waals surface area contributed by atoms with Gasteiger partial charge in [0.25, 0.3) is 0 Å². The van der Waals surface area contributed by atoms with Crippen molar-refractivity contribution in [2.24, 2.45) is 0 Å². The maximum atomic E-state index is 11.3. The molecule has 1 aliphatic heterocycles. The van der Waals surface area contributed by atoms with E-state index in [0.717, 1.165) is 4.90 Å². The van der Waals surface area contributed by atoms with Crippen molar-refractivity contribution < 1.29 is 33.8 Å². The first-order valence-electron chi connectivity index (χ1n) is 8.78. The van der Waals surface area contributed by atoms with E-state index in [0.29, 0.717) is 10.2 Å². The molecule has 15 heteroatoms. The van der Waals surface area contributed by atoms with Gasteiger partial charge in [-0.25, -0.2) is 19.5 Å². The fraction of sp³-hybridized carbons (Fsp3) is 0.312. The predicted molar refractivity (Wildman–Crippen MR) is 109 cm³/mol. The Labute approximate surface area is 184 Å². The standard InChI is InChI=1S/C16H17ClN5O7PS/c17-7-1-3-8(4-2-7)31-16-21-10-13(18)19-6-20-14(10)22(16)15-11(24)12(9(5-23)28-15)29-30(25,26)27/h1-4,6,9,11-12,15,23-24H,5H2,(H2,18,19,20)(H2,25,26,27)/t9-,11-,12-,15-/m1/s1. The first kappa shape index (κ1) is 22.4. The maximum absolute atomic E-state index is 11.3. The monoisotopic (exact) mass is 489 g/mol. The highest BCUT2D eigenvalue weighted by Crippen LogP contribution is 2.45. The van der Waals surface area contributed by atoms with Crippen molar-refractivity contribution >= 4 is 48.2 Å². The average molecular weight is 490 g/mol. The highest BCUT2D eigenvalue weighted by molar-refractivity contribution is 7.99. The van der Waals surface area contributed by atoms with E-state index in [1.807, 2.05) is 0 Å². The number of nitrogens with two attached hydrogens (primary N) is 1. The third-order valence-corrected chi connectivity index (χ3v) is 6.25. The summed E-state index contributed by atoms with van der Waals surface area (Å²) in [4.78, 5) is 31.6. The molecule has 0 saturated carbocycles.